The zero-order valence-corrected chi connectivity index (χ0v) is 17.2. The number of hydrogen-bond donors (Lipinski definition) is 2. The molecule has 1 amide bonds. The molecule has 146 valence electrons. The van der Waals surface area contributed by atoms with Crippen molar-refractivity contribution in [2.45, 2.75) is 27.3 Å². The van der Waals surface area contributed by atoms with E-state index in [1.54, 1.807) is 35.0 Å². The number of aromatic nitrogens is 2. The van der Waals surface area contributed by atoms with Crippen LogP contribution in [0.5, 0.6) is 0 Å². The number of sulfonamides is 1. The summed E-state index contributed by atoms with van der Waals surface area (Å²) in [7, 11) is -3.34. The van der Waals surface area contributed by atoms with Crippen molar-refractivity contribution in [1.82, 2.24) is 9.78 Å². The highest BCUT2D eigenvalue weighted by Crippen LogP contribution is 2.22. The number of carbonyl (C=O) groups is 1. The van der Waals surface area contributed by atoms with Crippen LogP contribution in [0.15, 0.2) is 30.3 Å². The molecule has 0 spiro atoms. The molecule has 0 radical (unpaired) electrons. The number of nitrogens with zero attached hydrogens (tertiary/aromatic N) is 2. The summed E-state index contributed by atoms with van der Waals surface area (Å²) in [4.78, 5) is 12.1. The minimum absolute atomic E-state index is 0.328. The van der Waals surface area contributed by atoms with Gasteiger partial charge in [0.05, 0.1) is 11.9 Å². The SMILES string of the molecule is Cc1nn(CC(C)C)c(Cl)c1/C=C/C(=O)Nc1ccc(NS(C)(=O)=O)cc1. The monoisotopic (exact) mass is 410 g/mol. The first-order valence-corrected chi connectivity index (χ1v) is 10.6. The summed E-state index contributed by atoms with van der Waals surface area (Å²) in [6.45, 7) is 6.70. The summed E-state index contributed by atoms with van der Waals surface area (Å²) in [5, 5.41) is 7.61. The number of hydrogen-bond acceptors (Lipinski definition) is 4. The molecule has 9 heteroatoms. The van der Waals surface area contributed by atoms with Gasteiger partial charge in [0, 0.05) is 29.6 Å². The number of carbonyl (C=O) groups excluding carboxylic acids is 1. The van der Waals surface area contributed by atoms with Crippen molar-refractivity contribution in [1.29, 1.82) is 0 Å². The van der Waals surface area contributed by atoms with E-state index in [0.29, 0.717) is 34.6 Å². The van der Waals surface area contributed by atoms with Crippen LogP contribution in [-0.2, 0) is 21.4 Å². The van der Waals surface area contributed by atoms with E-state index in [0.717, 1.165) is 11.9 Å². The Morgan fingerprint density at radius 3 is 2.41 bits per heavy atom. The molecule has 27 heavy (non-hydrogen) atoms. The highest BCUT2D eigenvalue weighted by molar-refractivity contribution is 7.92. The zero-order valence-electron chi connectivity index (χ0n) is 15.7. The van der Waals surface area contributed by atoms with E-state index < -0.39 is 10.0 Å². The largest absolute Gasteiger partial charge is 0.323 e. The third-order valence-electron chi connectivity index (χ3n) is 3.50. The highest BCUT2D eigenvalue weighted by atomic mass is 35.5. The van der Waals surface area contributed by atoms with Crippen LogP contribution in [0.3, 0.4) is 0 Å². The molecule has 0 fully saturated rings. The molecular weight excluding hydrogens is 388 g/mol. The molecule has 2 aromatic rings. The van der Waals surface area contributed by atoms with E-state index in [-0.39, 0.29) is 5.91 Å². The maximum absolute atomic E-state index is 12.1. The van der Waals surface area contributed by atoms with Crippen molar-refractivity contribution in [3.63, 3.8) is 0 Å². The number of aryl methyl sites for hydroxylation is 1. The van der Waals surface area contributed by atoms with Crippen molar-refractivity contribution in [3.05, 3.63) is 46.8 Å². The molecule has 0 bridgehead atoms. The van der Waals surface area contributed by atoms with Gasteiger partial charge in [0.15, 0.2) is 0 Å². The standard InChI is InChI=1S/C18H23ClN4O3S/c1-12(2)11-23-18(19)16(13(3)21-23)9-10-17(24)20-14-5-7-15(8-6-14)22-27(4,25)26/h5-10,12,22H,11H2,1-4H3,(H,20,24)/b10-9+. The number of nitrogens with one attached hydrogen (secondary N) is 2. The fourth-order valence-corrected chi connectivity index (χ4v) is 3.27. The maximum atomic E-state index is 12.1. The molecule has 1 heterocycles. The Hall–Kier alpha value is -2.32. The van der Waals surface area contributed by atoms with E-state index >= 15 is 0 Å². The third-order valence-corrected chi connectivity index (χ3v) is 4.51. The average Bonchev–Trinajstić information content (AvgIpc) is 2.79. The molecule has 0 saturated heterocycles. The van der Waals surface area contributed by atoms with Crippen molar-refractivity contribution in [3.8, 4) is 0 Å². The summed E-state index contributed by atoms with van der Waals surface area (Å²) in [5.74, 6) is 0.0768. The summed E-state index contributed by atoms with van der Waals surface area (Å²) >= 11 is 6.35. The normalized spacial score (nSPS) is 11.9. The van der Waals surface area contributed by atoms with Crippen LogP contribution in [0, 0.1) is 12.8 Å². The van der Waals surface area contributed by atoms with E-state index in [1.165, 1.54) is 6.08 Å². The van der Waals surface area contributed by atoms with Gasteiger partial charge in [0.25, 0.3) is 0 Å². The predicted molar refractivity (Wildman–Crippen MR) is 109 cm³/mol. The molecule has 2 rings (SSSR count). The Morgan fingerprint density at radius 1 is 1.26 bits per heavy atom. The van der Waals surface area contributed by atoms with Gasteiger partial charge in [-0.15, -0.1) is 0 Å². The summed E-state index contributed by atoms with van der Waals surface area (Å²) in [6, 6.07) is 6.35. The first kappa shape index (κ1) is 21.0. The topological polar surface area (TPSA) is 93.1 Å². The summed E-state index contributed by atoms with van der Waals surface area (Å²) in [5.41, 5.74) is 2.43. The zero-order chi connectivity index (χ0) is 20.2. The second kappa shape index (κ2) is 8.58. The molecule has 0 unspecified atom stereocenters. The lowest BCUT2D eigenvalue weighted by atomic mass is 10.2. The highest BCUT2D eigenvalue weighted by Gasteiger charge is 2.12. The number of halogens is 1. The minimum Gasteiger partial charge on any atom is -0.323 e. The maximum Gasteiger partial charge on any atom is 0.248 e. The molecule has 0 aliphatic heterocycles. The first-order chi connectivity index (χ1) is 12.5. The predicted octanol–water partition coefficient (Wildman–Crippen LogP) is 3.52. The van der Waals surface area contributed by atoms with Gasteiger partial charge in [-0.2, -0.15) is 5.10 Å². The Kier molecular flexibility index (Phi) is 6.67. The van der Waals surface area contributed by atoms with Crippen LogP contribution in [0.2, 0.25) is 5.15 Å². The van der Waals surface area contributed by atoms with Crippen LogP contribution in [0.25, 0.3) is 6.08 Å². The molecule has 0 aliphatic rings. The molecule has 0 saturated carbocycles. The van der Waals surface area contributed by atoms with Gasteiger partial charge in [-0.05, 0) is 43.2 Å². The van der Waals surface area contributed by atoms with Gasteiger partial charge < -0.3 is 5.32 Å². The van der Waals surface area contributed by atoms with E-state index in [9.17, 15) is 13.2 Å². The van der Waals surface area contributed by atoms with E-state index in [4.69, 9.17) is 11.6 Å². The number of benzene rings is 1. The van der Waals surface area contributed by atoms with Crippen LogP contribution in [-0.4, -0.2) is 30.4 Å². The Balaban J connectivity index is 2.04. The lowest BCUT2D eigenvalue weighted by molar-refractivity contribution is -0.111. The van der Waals surface area contributed by atoms with Crippen molar-refractivity contribution in [2.75, 3.05) is 16.3 Å². The fourth-order valence-electron chi connectivity index (χ4n) is 2.40. The molecule has 1 aromatic carbocycles. The van der Waals surface area contributed by atoms with Gasteiger partial charge in [-0.25, -0.2) is 8.42 Å². The van der Waals surface area contributed by atoms with Gasteiger partial charge in [0.1, 0.15) is 5.15 Å². The molecule has 2 N–H and O–H groups in total. The summed E-state index contributed by atoms with van der Waals surface area (Å²) < 4.78 is 26.5. The lowest BCUT2D eigenvalue weighted by Crippen LogP contribution is -2.10. The molecular formula is C18H23ClN4O3S. The molecule has 0 aliphatic carbocycles. The third kappa shape index (κ3) is 6.41. The summed E-state index contributed by atoms with van der Waals surface area (Å²) in [6.07, 6.45) is 4.10. The number of amides is 1. The molecule has 7 nitrogen and oxygen atoms in total. The van der Waals surface area contributed by atoms with E-state index in [2.05, 4.69) is 29.0 Å². The van der Waals surface area contributed by atoms with Crippen molar-refractivity contribution in [2.24, 2.45) is 5.92 Å². The van der Waals surface area contributed by atoms with Crippen LogP contribution < -0.4 is 10.0 Å². The Bertz CT molecular complexity index is 948. The van der Waals surface area contributed by atoms with Crippen LogP contribution >= 0.6 is 11.6 Å². The number of rotatable bonds is 7. The first-order valence-electron chi connectivity index (χ1n) is 8.35. The smallest absolute Gasteiger partial charge is 0.248 e. The quantitative estimate of drug-likeness (QED) is 0.683. The van der Waals surface area contributed by atoms with Crippen LogP contribution in [0.1, 0.15) is 25.1 Å². The van der Waals surface area contributed by atoms with Gasteiger partial charge >= 0.3 is 0 Å². The van der Waals surface area contributed by atoms with Gasteiger partial charge in [-0.3, -0.25) is 14.2 Å². The Morgan fingerprint density at radius 2 is 1.85 bits per heavy atom. The second-order valence-corrected chi connectivity index (χ2v) is 8.75. The van der Waals surface area contributed by atoms with Crippen molar-refractivity contribution < 1.29 is 13.2 Å². The average molecular weight is 411 g/mol. The van der Waals surface area contributed by atoms with Crippen LogP contribution in [0.4, 0.5) is 11.4 Å². The van der Waals surface area contributed by atoms with Crippen molar-refractivity contribution >= 4 is 45.0 Å². The van der Waals surface area contributed by atoms with Gasteiger partial charge in [0.2, 0.25) is 15.9 Å². The van der Waals surface area contributed by atoms with Gasteiger partial charge in [-0.1, -0.05) is 25.4 Å². The Labute approximate surface area is 164 Å². The molecule has 1 aromatic heterocycles. The lowest BCUT2D eigenvalue weighted by Gasteiger charge is -2.06. The molecule has 0 atom stereocenters. The fraction of sp³-hybridized carbons (Fsp3) is 0.333. The number of anilines is 2. The van der Waals surface area contributed by atoms with E-state index in [1.807, 2.05) is 6.92 Å². The minimum atomic E-state index is -3.34. The second-order valence-electron chi connectivity index (χ2n) is 6.64.